The Hall–Kier alpha value is -1.12. The quantitative estimate of drug-likeness (QED) is 0.788. The minimum Gasteiger partial charge on any atom is -0.398 e. The number of likely N-dealkylation sites (N-methyl/N-ethyl adjacent to an activating group) is 1. The van der Waals surface area contributed by atoms with Crippen LogP contribution in [0.1, 0.15) is 13.8 Å². The van der Waals surface area contributed by atoms with Crippen LogP contribution in [0.25, 0.3) is 0 Å². The number of anilines is 1. The molecule has 0 unspecified atom stereocenters. The van der Waals surface area contributed by atoms with Crippen LogP contribution in [0.15, 0.2) is 27.6 Å². The average molecular weight is 376 g/mol. The van der Waals surface area contributed by atoms with E-state index in [1.165, 1.54) is 16.4 Å². The first-order valence-electron chi connectivity index (χ1n) is 6.42. The highest BCUT2D eigenvalue weighted by molar-refractivity contribution is 9.10. The molecule has 1 aliphatic heterocycles. The third-order valence-electron chi connectivity index (χ3n) is 3.69. The van der Waals surface area contributed by atoms with Crippen LogP contribution < -0.4 is 5.73 Å². The zero-order chi connectivity index (χ0) is 16.0. The van der Waals surface area contributed by atoms with Gasteiger partial charge in [0.05, 0.1) is 4.90 Å². The van der Waals surface area contributed by atoms with E-state index >= 15 is 0 Å². The highest BCUT2D eigenvalue weighted by atomic mass is 79.9. The summed E-state index contributed by atoms with van der Waals surface area (Å²) < 4.78 is 27.5. The Balaban J connectivity index is 2.48. The van der Waals surface area contributed by atoms with Crippen molar-refractivity contribution in [2.45, 2.75) is 24.3 Å². The second-order valence-electron chi connectivity index (χ2n) is 5.55. The molecule has 1 amide bonds. The van der Waals surface area contributed by atoms with E-state index in [1.54, 1.807) is 31.9 Å². The van der Waals surface area contributed by atoms with Gasteiger partial charge >= 0.3 is 0 Å². The van der Waals surface area contributed by atoms with Crippen LogP contribution in [0.5, 0.6) is 0 Å². The van der Waals surface area contributed by atoms with Crippen molar-refractivity contribution in [1.82, 2.24) is 9.21 Å². The molecule has 0 saturated carbocycles. The Morgan fingerprint density at radius 2 is 1.90 bits per heavy atom. The van der Waals surface area contributed by atoms with E-state index in [-0.39, 0.29) is 17.3 Å². The second kappa shape index (κ2) is 5.26. The maximum atomic E-state index is 12.8. The molecule has 2 N–H and O–H groups in total. The number of amides is 1. The second-order valence-corrected chi connectivity index (χ2v) is 8.26. The third kappa shape index (κ3) is 2.67. The van der Waals surface area contributed by atoms with E-state index in [1.807, 2.05) is 0 Å². The summed E-state index contributed by atoms with van der Waals surface area (Å²) in [5.74, 6) is -0.220. The van der Waals surface area contributed by atoms with Crippen molar-refractivity contribution >= 4 is 37.5 Å². The topological polar surface area (TPSA) is 83.7 Å². The van der Waals surface area contributed by atoms with Gasteiger partial charge in [0.15, 0.2) is 0 Å². The van der Waals surface area contributed by atoms with Crippen molar-refractivity contribution in [3.05, 3.63) is 22.7 Å². The van der Waals surface area contributed by atoms with E-state index in [9.17, 15) is 13.2 Å². The largest absolute Gasteiger partial charge is 0.398 e. The van der Waals surface area contributed by atoms with Crippen LogP contribution in [0.4, 0.5) is 5.69 Å². The number of benzene rings is 1. The Morgan fingerprint density at radius 1 is 1.29 bits per heavy atom. The fraction of sp³-hybridized carbons (Fsp3) is 0.462. The fourth-order valence-electron chi connectivity index (χ4n) is 2.43. The van der Waals surface area contributed by atoms with Crippen molar-refractivity contribution in [1.29, 1.82) is 0 Å². The van der Waals surface area contributed by atoms with E-state index in [4.69, 9.17) is 5.73 Å². The highest BCUT2D eigenvalue weighted by Crippen LogP contribution is 2.31. The predicted molar refractivity (Wildman–Crippen MR) is 84.2 cm³/mol. The first-order valence-corrected chi connectivity index (χ1v) is 8.65. The third-order valence-corrected chi connectivity index (χ3v) is 6.48. The smallest absolute Gasteiger partial charge is 0.244 e. The van der Waals surface area contributed by atoms with Gasteiger partial charge in [-0.05, 0) is 48.0 Å². The molecule has 0 spiro atoms. The molecule has 0 atom stereocenters. The van der Waals surface area contributed by atoms with Crippen LogP contribution >= 0.6 is 15.9 Å². The monoisotopic (exact) mass is 375 g/mol. The van der Waals surface area contributed by atoms with E-state index in [0.29, 0.717) is 16.7 Å². The molecule has 1 aromatic carbocycles. The molecule has 21 heavy (non-hydrogen) atoms. The minimum absolute atomic E-state index is 0.0913. The summed E-state index contributed by atoms with van der Waals surface area (Å²) >= 11 is 3.24. The van der Waals surface area contributed by atoms with Crippen LogP contribution in [0, 0.1) is 0 Å². The fourth-order valence-corrected chi connectivity index (χ4v) is 4.44. The number of rotatable bonds is 2. The molecule has 8 heteroatoms. The molecule has 1 heterocycles. The summed E-state index contributed by atoms with van der Waals surface area (Å²) in [4.78, 5) is 13.9. The molecule has 116 valence electrons. The Kier molecular flexibility index (Phi) is 4.07. The average Bonchev–Trinajstić information content (AvgIpc) is 2.38. The Bertz CT molecular complexity index is 688. The van der Waals surface area contributed by atoms with Gasteiger partial charge in [0.2, 0.25) is 15.9 Å². The number of sulfonamides is 1. The van der Waals surface area contributed by atoms with Crippen molar-refractivity contribution in [2.75, 3.05) is 25.9 Å². The lowest BCUT2D eigenvalue weighted by molar-refractivity contribution is -0.142. The molecule has 0 aromatic heterocycles. The summed E-state index contributed by atoms with van der Waals surface area (Å²) in [5.41, 5.74) is 4.98. The lowest BCUT2D eigenvalue weighted by atomic mass is 10.0. The van der Waals surface area contributed by atoms with Gasteiger partial charge in [-0.3, -0.25) is 4.79 Å². The zero-order valence-corrected chi connectivity index (χ0v) is 14.5. The standard InChI is InChI=1S/C13H18BrN3O3S/c1-13(2)12(18)16(3)6-7-17(13)21(19,20)9-4-5-10(14)11(15)8-9/h4-5,8H,6-7,15H2,1-3H3. The molecule has 1 aromatic rings. The number of hydrogen-bond donors (Lipinski definition) is 1. The van der Waals surface area contributed by atoms with Crippen molar-refractivity contribution < 1.29 is 13.2 Å². The summed E-state index contributed by atoms with van der Waals surface area (Å²) in [7, 11) is -2.11. The summed E-state index contributed by atoms with van der Waals surface area (Å²) in [5, 5.41) is 0. The maximum absolute atomic E-state index is 12.8. The number of piperazine rings is 1. The van der Waals surface area contributed by atoms with Crippen molar-refractivity contribution in [3.63, 3.8) is 0 Å². The molecule has 0 aliphatic carbocycles. The van der Waals surface area contributed by atoms with Gasteiger partial charge < -0.3 is 10.6 Å². The molecule has 0 bridgehead atoms. The maximum Gasteiger partial charge on any atom is 0.244 e. The molecular formula is C13H18BrN3O3S. The number of halogens is 1. The van der Waals surface area contributed by atoms with E-state index < -0.39 is 15.6 Å². The van der Waals surface area contributed by atoms with Gasteiger partial charge in [-0.1, -0.05) is 0 Å². The zero-order valence-electron chi connectivity index (χ0n) is 12.1. The normalized spacial score (nSPS) is 19.8. The van der Waals surface area contributed by atoms with Crippen molar-refractivity contribution in [2.24, 2.45) is 0 Å². The Morgan fingerprint density at radius 3 is 2.48 bits per heavy atom. The number of nitrogens with two attached hydrogens (primary N) is 1. The van der Waals surface area contributed by atoms with Gasteiger partial charge in [0.1, 0.15) is 5.54 Å². The van der Waals surface area contributed by atoms with Crippen LogP contribution in [0.2, 0.25) is 0 Å². The lowest BCUT2D eigenvalue weighted by Gasteiger charge is -2.43. The Labute approximate surface area is 133 Å². The number of carbonyl (C=O) groups is 1. The molecule has 6 nitrogen and oxygen atoms in total. The van der Waals surface area contributed by atoms with Crippen LogP contribution in [0.3, 0.4) is 0 Å². The molecule has 1 aliphatic rings. The molecule has 1 fully saturated rings. The predicted octanol–water partition coefficient (Wildman–Crippen LogP) is 1.27. The molecule has 2 rings (SSSR count). The van der Waals surface area contributed by atoms with Crippen LogP contribution in [-0.4, -0.2) is 49.2 Å². The first-order chi connectivity index (χ1) is 9.58. The van der Waals surface area contributed by atoms with Crippen molar-refractivity contribution in [3.8, 4) is 0 Å². The number of nitrogens with zero attached hydrogens (tertiary/aromatic N) is 2. The molecule has 0 radical (unpaired) electrons. The van der Waals surface area contributed by atoms with Gasteiger partial charge in [-0.25, -0.2) is 8.42 Å². The van der Waals surface area contributed by atoms with E-state index in [0.717, 1.165) is 0 Å². The van der Waals surface area contributed by atoms with Gasteiger partial charge in [0.25, 0.3) is 0 Å². The highest BCUT2D eigenvalue weighted by Gasteiger charge is 2.46. The minimum atomic E-state index is -3.78. The van der Waals surface area contributed by atoms with Gasteiger partial charge in [-0.2, -0.15) is 4.31 Å². The number of hydrogen-bond acceptors (Lipinski definition) is 4. The van der Waals surface area contributed by atoms with Gasteiger partial charge in [-0.15, -0.1) is 0 Å². The van der Waals surface area contributed by atoms with Crippen LogP contribution in [-0.2, 0) is 14.8 Å². The summed E-state index contributed by atoms with van der Waals surface area (Å²) in [6, 6.07) is 4.47. The first kappa shape index (κ1) is 16.3. The SMILES string of the molecule is CN1CCN(S(=O)(=O)c2ccc(Br)c(N)c2)C(C)(C)C1=O. The molecular weight excluding hydrogens is 358 g/mol. The number of carbonyl (C=O) groups excluding carboxylic acids is 1. The van der Waals surface area contributed by atoms with Gasteiger partial charge in [0, 0.05) is 30.3 Å². The van der Waals surface area contributed by atoms with E-state index in [2.05, 4.69) is 15.9 Å². The molecule has 1 saturated heterocycles. The lowest BCUT2D eigenvalue weighted by Crippen LogP contribution is -2.63. The number of nitrogen functional groups attached to an aromatic ring is 1. The summed E-state index contributed by atoms with van der Waals surface area (Å²) in [6.07, 6.45) is 0. The summed E-state index contributed by atoms with van der Waals surface area (Å²) in [6.45, 7) is 3.86.